The minimum absolute atomic E-state index is 0.482. The molecule has 0 aromatic heterocycles. The standard InChI is InChI=1S/C16H18FN/c17-16(9-4-10-18-12-16)11-14-7-3-6-13-5-1-2-8-15(13)14/h1-3,5-8,18H,4,9-12H2. The van der Waals surface area contributed by atoms with E-state index in [4.69, 9.17) is 0 Å². The quantitative estimate of drug-likeness (QED) is 0.851. The van der Waals surface area contributed by atoms with E-state index in [9.17, 15) is 4.39 Å². The summed E-state index contributed by atoms with van der Waals surface area (Å²) in [6.45, 7) is 1.43. The van der Waals surface area contributed by atoms with E-state index >= 15 is 0 Å². The summed E-state index contributed by atoms with van der Waals surface area (Å²) in [4.78, 5) is 0. The number of nitrogens with one attached hydrogen (secondary N) is 1. The van der Waals surface area contributed by atoms with Gasteiger partial charge in [-0.2, -0.15) is 0 Å². The molecular formula is C16H18FN. The van der Waals surface area contributed by atoms with Crippen molar-refractivity contribution in [2.45, 2.75) is 24.9 Å². The van der Waals surface area contributed by atoms with E-state index in [-0.39, 0.29) is 0 Å². The highest BCUT2D eigenvalue weighted by Crippen LogP contribution is 2.29. The van der Waals surface area contributed by atoms with Crippen molar-refractivity contribution < 1.29 is 4.39 Å². The largest absolute Gasteiger partial charge is 0.314 e. The van der Waals surface area contributed by atoms with Gasteiger partial charge in [0.25, 0.3) is 0 Å². The molecule has 1 heterocycles. The molecule has 0 amide bonds. The lowest BCUT2D eigenvalue weighted by Gasteiger charge is -2.30. The number of hydrogen-bond acceptors (Lipinski definition) is 1. The predicted octanol–water partition coefficient (Wildman–Crippen LogP) is 3.47. The van der Waals surface area contributed by atoms with E-state index < -0.39 is 5.67 Å². The Kier molecular flexibility index (Phi) is 3.04. The van der Waals surface area contributed by atoms with E-state index in [1.165, 1.54) is 10.8 Å². The van der Waals surface area contributed by atoms with Crippen LogP contribution in [0.3, 0.4) is 0 Å². The normalized spacial score (nSPS) is 24.3. The third kappa shape index (κ3) is 2.25. The Morgan fingerprint density at radius 3 is 2.78 bits per heavy atom. The number of benzene rings is 2. The Balaban J connectivity index is 1.94. The topological polar surface area (TPSA) is 12.0 Å². The fourth-order valence-electron chi connectivity index (χ4n) is 2.87. The lowest BCUT2D eigenvalue weighted by molar-refractivity contribution is 0.123. The molecule has 2 aromatic rings. The van der Waals surface area contributed by atoms with E-state index in [0.717, 1.165) is 18.5 Å². The van der Waals surface area contributed by atoms with Crippen LogP contribution in [0.5, 0.6) is 0 Å². The average molecular weight is 243 g/mol. The van der Waals surface area contributed by atoms with Crippen LogP contribution >= 0.6 is 0 Å². The maximum absolute atomic E-state index is 14.7. The van der Waals surface area contributed by atoms with Crippen LogP contribution in [0.15, 0.2) is 42.5 Å². The van der Waals surface area contributed by atoms with Crippen molar-refractivity contribution in [1.82, 2.24) is 5.32 Å². The van der Waals surface area contributed by atoms with E-state index in [1.54, 1.807) is 0 Å². The molecule has 1 atom stereocenters. The number of rotatable bonds is 2. The first-order valence-electron chi connectivity index (χ1n) is 6.63. The van der Waals surface area contributed by atoms with Gasteiger partial charge >= 0.3 is 0 Å². The predicted molar refractivity (Wildman–Crippen MR) is 73.6 cm³/mol. The molecule has 0 spiro atoms. The average Bonchev–Trinajstić information content (AvgIpc) is 2.40. The molecule has 1 aliphatic heterocycles. The van der Waals surface area contributed by atoms with Gasteiger partial charge in [-0.25, -0.2) is 4.39 Å². The Bertz CT molecular complexity index is 538. The van der Waals surface area contributed by atoms with Crippen molar-refractivity contribution in [3.8, 4) is 0 Å². The molecule has 1 unspecified atom stereocenters. The van der Waals surface area contributed by atoms with Crippen molar-refractivity contribution in [2.24, 2.45) is 0 Å². The fourth-order valence-corrected chi connectivity index (χ4v) is 2.87. The third-order valence-corrected chi connectivity index (χ3v) is 3.81. The molecule has 94 valence electrons. The van der Waals surface area contributed by atoms with Crippen LogP contribution < -0.4 is 5.32 Å². The number of piperidine rings is 1. The van der Waals surface area contributed by atoms with E-state index in [2.05, 4.69) is 29.6 Å². The van der Waals surface area contributed by atoms with Gasteiger partial charge in [0.15, 0.2) is 0 Å². The molecule has 2 heteroatoms. The summed E-state index contributed by atoms with van der Waals surface area (Å²) < 4.78 is 14.7. The molecule has 1 saturated heterocycles. The molecule has 0 aliphatic carbocycles. The SMILES string of the molecule is FC1(Cc2cccc3ccccc23)CCCNC1. The summed E-state index contributed by atoms with van der Waals surface area (Å²) in [6, 6.07) is 14.4. The van der Waals surface area contributed by atoms with Gasteiger partial charge in [-0.05, 0) is 35.7 Å². The molecular weight excluding hydrogens is 225 g/mol. The first-order valence-corrected chi connectivity index (χ1v) is 6.63. The van der Waals surface area contributed by atoms with Crippen molar-refractivity contribution in [3.05, 3.63) is 48.0 Å². The maximum atomic E-state index is 14.7. The van der Waals surface area contributed by atoms with Gasteiger partial charge < -0.3 is 5.32 Å². The second kappa shape index (κ2) is 4.69. The van der Waals surface area contributed by atoms with Crippen molar-refractivity contribution in [1.29, 1.82) is 0 Å². The van der Waals surface area contributed by atoms with Gasteiger partial charge in [0.1, 0.15) is 5.67 Å². The van der Waals surface area contributed by atoms with Crippen molar-refractivity contribution in [2.75, 3.05) is 13.1 Å². The highest BCUT2D eigenvalue weighted by Gasteiger charge is 2.32. The van der Waals surface area contributed by atoms with Crippen LogP contribution in [0, 0.1) is 0 Å². The van der Waals surface area contributed by atoms with Crippen LogP contribution in [0.1, 0.15) is 18.4 Å². The zero-order chi connectivity index (χ0) is 12.4. The second-order valence-corrected chi connectivity index (χ2v) is 5.25. The number of halogens is 1. The molecule has 1 fully saturated rings. The molecule has 0 radical (unpaired) electrons. The summed E-state index contributed by atoms with van der Waals surface area (Å²) in [7, 11) is 0. The summed E-state index contributed by atoms with van der Waals surface area (Å²) in [5.74, 6) is 0. The van der Waals surface area contributed by atoms with Crippen LogP contribution in [0.2, 0.25) is 0 Å². The summed E-state index contributed by atoms with van der Waals surface area (Å²) in [5.41, 5.74) is 0.0434. The van der Waals surface area contributed by atoms with Gasteiger partial charge in [0.2, 0.25) is 0 Å². The summed E-state index contributed by atoms with van der Waals surface area (Å²) >= 11 is 0. The lowest BCUT2D eigenvalue weighted by atomic mass is 9.87. The molecule has 3 rings (SSSR count). The van der Waals surface area contributed by atoms with Gasteiger partial charge in [-0.1, -0.05) is 42.5 Å². The zero-order valence-electron chi connectivity index (χ0n) is 10.5. The third-order valence-electron chi connectivity index (χ3n) is 3.81. The second-order valence-electron chi connectivity index (χ2n) is 5.25. The molecule has 1 aliphatic rings. The van der Waals surface area contributed by atoms with Gasteiger partial charge in [0, 0.05) is 13.0 Å². The Labute approximate surface area is 107 Å². The fraction of sp³-hybridized carbons (Fsp3) is 0.375. The highest BCUT2D eigenvalue weighted by atomic mass is 19.1. The number of alkyl halides is 1. The lowest BCUT2D eigenvalue weighted by Crippen LogP contribution is -2.43. The summed E-state index contributed by atoms with van der Waals surface area (Å²) in [6.07, 6.45) is 2.12. The smallest absolute Gasteiger partial charge is 0.127 e. The van der Waals surface area contributed by atoms with Gasteiger partial charge in [-0.3, -0.25) is 0 Å². The number of fused-ring (bicyclic) bond motifs is 1. The van der Waals surface area contributed by atoms with Gasteiger partial charge in [0.05, 0.1) is 0 Å². The van der Waals surface area contributed by atoms with Crippen LogP contribution in [-0.2, 0) is 6.42 Å². The van der Waals surface area contributed by atoms with Gasteiger partial charge in [-0.15, -0.1) is 0 Å². The zero-order valence-corrected chi connectivity index (χ0v) is 10.5. The molecule has 1 nitrogen and oxygen atoms in total. The Morgan fingerprint density at radius 1 is 1.11 bits per heavy atom. The van der Waals surface area contributed by atoms with Crippen LogP contribution in [0.25, 0.3) is 10.8 Å². The minimum atomic E-state index is -1.08. The molecule has 1 N–H and O–H groups in total. The van der Waals surface area contributed by atoms with Crippen LogP contribution in [-0.4, -0.2) is 18.8 Å². The molecule has 0 bridgehead atoms. The molecule has 2 aromatic carbocycles. The Morgan fingerprint density at radius 2 is 1.94 bits per heavy atom. The monoisotopic (exact) mass is 243 g/mol. The van der Waals surface area contributed by atoms with E-state index in [0.29, 0.717) is 19.4 Å². The summed E-state index contributed by atoms with van der Waals surface area (Å²) in [5, 5.41) is 5.55. The van der Waals surface area contributed by atoms with Crippen molar-refractivity contribution in [3.63, 3.8) is 0 Å². The first kappa shape index (κ1) is 11.7. The first-order chi connectivity index (χ1) is 8.77. The maximum Gasteiger partial charge on any atom is 0.127 e. The van der Waals surface area contributed by atoms with E-state index in [1.807, 2.05) is 18.2 Å². The Hall–Kier alpha value is -1.41. The highest BCUT2D eigenvalue weighted by molar-refractivity contribution is 5.85. The molecule has 0 saturated carbocycles. The van der Waals surface area contributed by atoms with Crippen molar-refractivity contribution >= 4 is 10.8 Å². The molecule has 18 heavy (non-hydrogen) atoms. The van der Waals surface area contributed by atoms with Crippen LogP contribution in [0.4, 0.5) is 4.39 Å². The number of hydrogen-bond donors (Lipinski definition) is 1. The minimum Gasteiger partial charge on any atom is -0.314 e.